The molecular formula is C18H32B3N3. The molecule has 0 aromatic rings. The van der Waals surface area contributed by atoms with Crippen LogP contribution in [-0.4, -0.2) is 77.6 Å². The van der Waals surface area contributed by atoms with Gasteiger partial charge in [-0.05, 0) is 114 Å². The summed E-state index contributed by atoms with van der Waals surface area (Å²) in [5.74, 6) is 3.50. The van der Waals surface area contributed by atoms with Gasteiger partial charge in [-0.3, -0.25) is 0 Å². The molecule has 6 heteroatoms. The van der Waals surface area contributed by atoms with Gasteiger partial charge >= 0.3 is 0 Å². The lowest BCUT2D eigenvalue weighted by atomic mass is 9.71. The molecule has 0 atom stereocenters. The summed E-state index contributed by atoms with van der Waals surface area (Å²) in [4.78, 5) is 6.00. The SMILES string of the molecule is [B]N1CCC(CC(CC2CCN([B])CC2)C2CCN([B])CC2)CC1. The Hall–Kier alpha value is 0.0748. The monoisotopic (exact) mass is 323 g/mol. The summed E-state index contributed by atoms with van der Waals surface area (Å²) in [5, 5.41) is 0. The zero-order valence-corrected chi connectivity index (χ0v) is 15.3. The average Bonchev–Trinajstić information content (AvgIpc) is 2.59. The maximum atomic E-state index is 5.99. The van der Waals surface area contributed by atoms with Crippen molar-refractivity contribution in [3.8, 4) is 0 Å². The van der Waals surface area contributed by atoms with Gasteiger partial charge in [0.2, 0.25) is 0 Å². The first-order valence-corrected chi connectivity index (χ1v) is 10.1. The van der Waals surface area contributed by atoms with Gasteiger partial charge in [0, 0.05) is 0 Å². The molecule has 24 heavy (non-hydrogen) atoms. The minimum atomic E-state index is 0.872. The molecule has 3 saturated heterocycles. The fourth-order valence-electron chi connectivity index (χ4n) is 5.11. The highest BCUT2D eigenvalue weighted by atomic mass is 15.0. The molecule has 128 valence electrons. The Labute approximate surface area is 153 Å². The first-order valence-electron chi connectivity index (χ1n) is 10.1. The van der Waals surface area contributed by atoms with Gasteiger partial charge < -0.3 is 14.4 Å². The van der Waals surface area contributed by atoms with Crippen molar-refractivity contribution in [3.05, 3.63) is 0 Å². The largest absolute Gasteiger partial charge is 0.353 e. The van der Waals surface area contributed by atoms with Crippen molar-refractivity contribution < 1.29 is 0 Å². The van der Waals surface area contributed by atoms with Gasteiger partial charge in [0.15, 0.2) is 23.9 Å². The van der Waals surface area contributed by atoms with Crippen molar-refractivity contribution in [2.24, 2.45) is 23.7 Å². The highest BCUT2D eigenvalue weighted by Gasteiger charge is 2.31. The van der Waals surface area contributed by atoms with Gasteiger partial charge in [0.25, 0.3) is 0 Å². The molecule has 0 bridgehead atoms. The molecule has 6 radical (unpaired) electrons. The van der Waals surface area contributed by atoms with Gasteiger partial charge in [-0.2, -0.15) is 0 Å². The molecular weight excluding hydrogens is 291 g/mol. The Kier molecular flexibility index (Phi) is 7.18. The van der Waals surface area contributed by atoms with Crippen molar-refractivity contribution in [2.45, 2.75) is 51.4 Å². The van der Waals surface area contributed by atoms with E-state index < -0.39 is 0 Å². The fourth-order valence-corrected chi connectivity index (χ4v) is 5.11. The summed E-state index contributed by atoms with van der Waals surface area (Å²) in [5.41, 5.74) is 0. The fraction of sp³-hybridized carbons (Fsp3) is 1.00. The molecule has 0 aromatic heterocycles. The zero-order chi connectivity index (χ0) is 16.9. The van der Waals surface area contributed by atoms with Crippen LogP contribution >= 0.6 is 0 Å². The summed E-state index contributed by atoms with van der Waals surface area (Å²) in [6.45, 7) is 6.44. The van der Waals surface area contributed by atoms with Gasteiger partial charge in [0.05, 0.1) is 0 Å². The minimum Gasteiger partial charge on any atom is -0.353 e. The van der Waals surface area contributed by atoms with E-state index in [1.807, 2.05) is 14.4 Å². The van der Waals surface area contributed by atoms with Crippen molar-refractivity contribution in [2.75, 3.05) is 39.3 Å². The van der Waals surface area contributed by atoms with Crippen LogP contribution in [-0.2, 0) is 0 Å². The van der Waals surface area contributed by atoms with Crippen LogP contribution in [0.2, 0.25) is 0 Å². The Morgan fingerprint density at radius 1 is 0.583 bits per heavy atom. The van der Waals surface area contributed by atoms with E-state index in [-0.39, 0.29) is 0 Å². The smallest absolute Gasteiger partial charge is 0.182 e. The van der Waals surface area contributed by atoms with E-state index >= 15 is 0 Å². The molecule has 0 N–H and O–H groups in total. The second kappa shape index (κ2) is 9.14. The molecule has 0 aliphatic carbocycles. The van der Waals surface area contributed by atoms with Crippen LogP contribution in [0.1, 0.15) is 51.4 Å². The molecule has 0 unspecified atom stereocenters. The Morgan fingerprint density at radius 2 is 0.917 bits per heavy atom. The zero-order valence-electron chi connectivity index (χ0n) is 15.3. The van der Waals surface area contributed by atoms with Gasteiger partial charge in [-0.15, -0.1) is 0 Å². The summed E-state index contributed by atoms with van der Waals surface area (Å²) >= 11 is 0. The lowest BCUT2D eigenvalue weighted by Crippen LogP contribution is -2.38. The third-order valence-corrected chi connectivity index (χ3v) is 6.81. The van der Waals surface area contributed by atoms with Crippen LogP contribution < -0.4 is 0 Å². The number of hydrogen-bond acceptors (Lipinski definition) is 3. The number of piperidine rings is 3. The standard InChI is InChI=1S/C18H32B3N3/c19-22-7-1-15(2-8-22)13-18(17-5-11-24(21)12-6-17)14-16-3-9-23(20)10-4-16/h15-18H,1-14H2. The van der Waals surface area contributed by atoms with Crippen molar-refractivity contribution in [3.63, 3.8) is 0 Å². The summed E-state index contributed by atoms with van der Waals surface area (Å²) in [6, 6.07) is 0. The topological polar surface area (TPSA) is 9.72 Å². The molecule has 0 aromatic carbocycles. The first-order chi connectivity index (χ1) is 11.6. The maximum Gasteiger partial charge on any atom is 0.182 e. The van der Waals surface area contributed by atoms with E-state index in [4.69, 9.17) is 23.9 Å². The van der Waals surface area contributed by atoms with E-state index in [0.717, 1.165) is 62.9 Å². The van der Waals surface area contributed by atoms with Crippen LogP contribution in [0, 0.1) is 23.7 Å². The van der Waals surface area contributed by atoms with Gasteiger partial charge in [0.1, 0.15) is 0 Å². The second-order valence-electron chi connectivity index (χ2n) is 8.56. The predicted octanol–water partition coefficient (Wildman–Crippen LogP) is 1.77. The van der Waals surface area contributed by atoms with E-state index in [1.54, 1.807) is 0 Å². The molecule has 3 nitrogen and oxygen atoms in total. The van der Waals surface area contributed by atoms with E-state index in [0.29, 0.717) is 0 Å². The highest BCUT2D eigenvalue weighted by Crippen LogP contribution is 2.38. The van der Waals surface area contributed by atoms with Crippen molar-refractivity contribution >= 4 is 23.9 Å². The number of rotatable bonds is 5. The minimum absolute atomic E-state index is 0.872. The van der Waals surface area contributed by atoms with Crippen LogP contribution in [0.25, 0.3) is 0 Å². The molecule has 3 fully saturated rings. The molecule has 0 spiro atoms. The number of hydrogen-bond donors (Lipinski definition) is 0. The highest BCUT2D eigenvalue weighted by molar-refractivity contribution is 6.04. The molecule has 3 rings (SSSR count). The lowest BCUT2D eigenvalue weighted by Gasteiger charge is -2.40. The molecule has 0 amide bonds. The molecule has 3 aliphatic heterocycles. The first kappa shape index (κ1) is 18.9. The Balaban J connectivity index is 1.55. The van der Waals surface area contributed by atoms with Crippen LogP contribution in [0.4, 0.5) is 0 Å². The molecule has 3 heterocycles. The van der Waals surface area contributed by atoms with Crippen molar-refractivity contribution in [1.82, 2.24) is 14.4 Å². The van der Waals surface area contributed by atoms with Crippen LogP contribution in [0.5, 0.6) is 0 Å². The normalized spacial score (nSPS) is 27.9. The number of nitrogens with zero attached hydrogens (tertiary/aromatic N) is 3. The Bertz CT molecular complexity index is 337. The average molecular weight is 323 g/mol. The van der Waals surface area contributed by atoms with Gasteiger partial charge in [-0.1, -0.05) is 0 Å². The van der Waals surface area contributed by atoms with E-state index in [1.165, 1.54) is 51.4 Å². The lowest BCUT2D eigenvalue weighted by molar-refractivity contribution is 0.126. The Morgan fingerprint density at radius 3 is 1.29 bits per heavy atom. The third kappa shape index (κ3) is 5.54. The van der Waals surface area contributed by atoms with Crippen molar-refractivity contribution in [1.29, 1.82) is 0 Å². The van der Waals surface area contributed by atoms with Crippen LogP contribution in [0.3, 0.4) is 0 Å². The summed E-state index contributed by atoms with van der Waals surface area (Å²) in [6.07, 6.45) is 10.5. The van der Waals surface area contributed by atoms with E-state index in [9.17, 15) is 0 Å². The summed E-state index contributed by atoms with van der Waals surface area (Å²) < 4.78 is 0. The quantitative estimate of drug-likeness (QED) is 0.714. The second-order valence-corrected chi connectivity index (χ2v) is 8.56. The predicted molar refractivity (Wildman–Crippen MR) is 103 cm³/mol. The van der Waals surface area contributed by atoms with Crippen LogP contribution in [0.15, 0.2) is 0 Å². The van der Waals surface area contributed by atoms with Gasteiger partial charge in [-0.25, -0.2) is 0 Å². The maximum absolute atomic E-state index is 5.99. The summed E-state index contributed by atoms with van der Waals surface area (Å²) in [7, 11) is 17.9. The molecule has 3 aliphatic rings. The molecule has 0 saturated carbocycles. The third-order valence-electron chi connectivity index (χ3n) is 6.81. The van der Waals surface area contributed by atoms with E-state index in [2.05, 4.69) is 0 Å².